The lowest BCUT2D eigenvalue weighted by molar-refractivity contribution is 0.0734. The molecule has 0 aromatic heterocycles. The summed E-state index contributed by atoms with van der Waals surface area (Å²) in [5, 5.41) is 10.2. The van der Waals surface area contributed by atoms with E-state index in [4.69, 9.17) is 9.47 Å². The predicted octanol–water partition coefficient (Wildman–Crippen LogP) is 5.46. The highest BCUT2D eigenvalue weighted by Gasteiger charge is 2.10. The number of aliphatic imine (C=N–C) groups is 1. The summed E-state index contributed by atoms with van der Waals surface area (Å²) in [4.78, 5) is 16.7. The van der Waals surface area contributed by atoms with Crippen molar-refractivity contribution in [3.8, 4) is 17.2 Å². The Balaban J connectivity index is 1.66. The van der Waals surface area contributed by atoms with E-state index in [1.807, 2.05) is 38.1 Å². The van der Waals surface area contributed by atoms with Gasteiger partial charge in [0.25, 0.3) is 0 Å². The minimum absolute atomic E-state index is 0.0185. The van der Waals surface area contributed by atoms with Gasteiger partial charge in [-0.25, -0.2) is 4.79 Å². The molecule has 0 atom stereocenters. The Labute approximate surface area is 170 Å². The zero-order valence-electron chi connectivity index (χ0n) is 16.5. The number of hydrogen-bond acceptors (Lipinski definition) is 5. The standard InChI is InChI=1S/C24H23NO4/c1-3-13-28-21-10-7-18(8-11-21)24(27)29-22-12-9-19(23(26)15-22)16-25-20-6-4-5-17(2)14-20/h4-12,14-16,26H,3,13H2,1-2H3. The average Bonchev–Trinajstić information content (AvgIpc) is 2.72. The van der Waals surface area contributed by atoms with E-state index >= 15 is 0 Å². The van der Waals surface area contributed by atoms with E-state index in [-0.39, 0.29) is 11.5 Å². The fraction of sp³-hybridized carbons (Fsp3) is 0.167. The number of phenols is 1. The smallest absolute Gasteiger partial charge is 0.343 e. The third-order valence-electron chi connectivity index (χ3n) is 4.13. The Morgan fingerprint density at radius 3 is 2.48 bits per heavy atom. The van der Waals surface area contributed by atoms with E-state index in [0.29, 0.717) is 23.5 Å². The van der Waals surface area contributed by atoms with E-state index in [1.165, 1.54) is 6.07 Å². The first-order chi connectivity index (χ1) is 14.0. The van der Waals surface area contributed by atoms with Crippen LogP contribution >= 0.6 is 0 Å². The summed E-state index contributed by atoms with van der Waals surface area (Å²) < 4.78 is 10.9. The third-order valence-corrected chi connectivity index (χ3v) is 4.13. The molecule has 0 aliphatic heterocycles. The second kappa shape index (κ2) is 9.55. The molecule has 0 heterocycles. The van der Waals surface area contributed by atoms with Gasteiger partial charge in [0.15, 0.2) is 0 Å². The van der Waals surface area contributed by atoms with Crippen LogP contribution in [0.4, 0.5) is 5.69 Å². The van der Waals surface area contributed by atoms with E-state index in [1.54, 1.807) is 42.6 Å². The van der Waals surface area contributed by atoms with Crippen LogP contribution in [-0.2, 0) is 0 Å². The van der Waals surface area contributed by atoms with Crippen molar-refractivity contribution in [1.29, 1.82) is 0 Å². The van der Waals surface area contributed by atoms with Crippen LogP contribution in [0.3, 0.4) is 0 Å². The Morgan fingerprint density at radius 2 is 1.79 bits per heavy atom. The van der Waals surface area contributed by atoms with Gasteiger partial charge in [-0.2, -0.15) is 0 Å². The van der Waals surface area contributed by atoms with Crippen molar-refractivity contribution >= 4 is 17.9 Å². The van der Waals surface area contributed by atoms with Crippen LogP contribution in [0.25, 0.3) is 0 Å². The first-order valence-corrected chi connectivity index (χ1v) is 9.44. The van der Waals surface area contributed by atoms with Crippen LogP contribution in [0.15, 0.2) is 71.7 Å². The van der Waals surface area contributed by atoms with E-state index in [0.717, 1.165) is 17.7 Å². The summed E-state index contributed by atoms with van der Waals surface area (Å²) in [7, 11) is 0. The lowest BCUT2D eigenvalue weighted by Crippen LogP contribution is -2.08. The highest BCUT2D eigenvalue weighted by Crippen LogP contribution is 2.24. The van der Waals surface area contributed by atoms with Crippen LogP contribution in [0.5, 0.6) is 17.2 Å². The maximum Gasteiger partial charge on any atom is 0.343 e. The summed E-state index contributed by atoms with van der Waals surface area (Å²) in [5.41, 5.74) is 2.84. The Hall–Kier alpha value is -3.60. The van der Waals surface area contributed by atoms with Gasteiger partial charge in [-0.1, -0.05) is 19.1 Å². The maximum atomic E-state index is 12.3. The third kappa shape index (κ3) is 5.69. The number of esters is 1. The summed E-state index contributed by atoms with van der Waals surface area (Å²) >= 11 is 0. The molecule has 5 nitrogen and oxygen atoms in total. The van der Waals surface area contributed by atoms with Crippen molar-refractivity contribution in [1.82, 2.24) is 0 Å². The number of aromatic hydroxyl groups is 1. The lowest BCUT2D eigenvalue weighted by Gasteiger charge is -2.08. The zero-order chi connectivity index (χ0) is 20.6. The minimum Gasteiger partial charge on any atom is -0.507 e. The molecule has 0 aliphatic carbocycles. The number of rotatable bonds is 7. The van der Waals surface area contributed by atoms with Crippen molar-refractivity contribution < 1.29 is 19.4 Å². The van der Waals surface area contributed by atoms with Gasteiger partial charge in [0.2, 0.25) is 0 Å². The Bertz CT molecular complexity index is 1010. The van der Waals surface area contributed by atoms with Crippen LogP contribution in [0, 0.1) is 6.92 Å². The lowest BCUT2D eigenvalue weighted by atomic mass is 10.2. The number of carbonyl (C=O) groups is 1. The quantitative estimate of drug-likeness (QED) is 0.331. The van der Waals surface area contributed by atoms with Crippen LogP contribution in [0.2, 0.25) is 0 Å². The van der Waals surface area contributed by atoms with Crippen LogP contribution in [-0.4, -0.2) is 23.9 Å². The van der Waals surface area contributed by atoms with Gasteiger partial charge in [0.05, 0.1) is 17.9 Å². The first-order valence-electron chi connectivity index (χ1n) is 9.44. The molecular weight excluding hydrogens is 366 g/mol. The molecule has 0 radical (unpaired) electrons. The highest BCUT2D eigenvalue weighted by atomic mass is 16.5. The van der Waals surface area contributed by atoms with Crippen LogP contribution in [0.1, 0.15) is 34.8 Å². The highest BCUT2D eigenvalue weighted by molar-refractivity contribution is 5.91. The summed E-state index contributed by atoms with van der Waals surface area (Å²) in [6.45, 7) is 4.65. The molecule has 0 aliphatic rings. The molecule has 0 amide bonds. The van der Waals surface area contributed by atoms with E-state index < -0.39 is 5.97 Å². The zero-order valence-corrected chi connectivity index (χ0v) is 16.5. The number of hydrogen-bond donors (Lipinski definition) is 1. The summed E-state index contributed by atoms with van der Waals surface area (Å²) in [6.07, 6.45) is 2.49. The van der Waals surface area contributed by atoms with E-state index in [9.17, 15) is 9.90 Å². The average molecular weight is 389 g/mol. The van der Waals surface area contributed by atoms with Gasteiger partial charge in [0.1, 0.15) is 17.2 Å². The molecule has 29 heavy (non-hydrogen) atoms. The second-order valence-corrected chi connectivity index (χ2v) is 6.58. The SMILES string of the molecule is CCCOc1ccc(C(=O)Oc2ccc(C=Nc3cccc(C)c3)c(O)c2)cc1. The van der Waals surface area contributed by atoms with Crippen molar-refractivity contribution in [3.05, 3.63) is 83.4 Å². The van der Waals surface area contributed by atoms with Gasteiger partial charge >= 0.3 is 5.97 Å². The number of benzene rings is 3. The molecule has 1 N–H and O–H groups in total. The van der Waals surface area contributed by atoms with Crippen LogP contribution < -0.4 is 9.47 Å². The largest absolute Gasteiger partial charge is 0.507 e. The van der Waals surface area contributed by atoms with Gasteiger partial charge in [0, 0.05) is 17.8 Å². The maximum absolute atomic E-state index is 12.3. The fourth-order valence-electron chi connectivity index (χ4n) is 2.62. The number of aryl methyl sites for hydroxylation is 1. The molecule has 0 fully saturated rings. The van der Waals surface area contributed by atoms with Gasteiger partial charge < -0.3 is 14.6 Å². The van der Waals surface area contributed by atoms with Gasteiger partial charge in [-0.05, 0) is 67.4 Å². The van der Waals surface area contributed by atoms with Crippen molar-refractivity contribution in [2.24, 2.45) is 4.99 Å². The fourth-order valence-corrected chi connectivity index (χ4v) is 2.62. The van der Waals surface area contributed by atoms with Crippen molar-refractivity contribution in [2.45, 2.75) is 20.3 Å². The number of phenolic OH excluding ortho intramolecular Hbond substituents is 1. The molecule has 3 aromatic rings. The molecule has 148 valence electrons. The molecule has 3 aromatic carbocycles. The van der Waals surface area contributed by atoms with Gasteiger partial charge in [-0.3, -0.25) is 4.99 Å². The Kier molecular flexibility index (Phi) is 6.63. The van der Waals surface area contributed by atoms with E-state index in [2.05, 4.69) is 4.99 Å². The van der Waals surface area contributed by atoms with Gasteiger partial charge in [-0.15, -0.1) is 0 Å². The molecular formula is C24H23NO4. The first kappa shape index (κ1) is 20.1. The molecule has 0 spiro atoms. The number of nitrogens with zero attached hydrogens (tertiary/aromatic N) is 1. The molecule has 0 unspecified atom stereocenters. The summed E-state index contributed by atoms with van der Waals surface area (Å²) in [5.74, 6) is 0.437. The molecule has 5 heteroatoms. The number of carbonyl (C=O) groups excluding carboxylic acids is 1. The molecule has 0 saturated carbocycles. The number of ether oxygens (including phenoxy) is 2. The minimum atomic E-state index is -0.507. The second-order valence-electron chi connectivity index (χ2n) is 6.58. The Morgan fingerprint density at radius 1 is 1.03 bits per heavy atom. The predicted molar refractivity (Wildman–Crippen MR) is 114 cm³/mol. The summed E-state index contributed by atoms with van der Waals surface area (Å²) in [6, 6.07) is 19.2. The molecule has 3 rings (SSSR count). The monoisotopic (exact) mass is 389 g/mol. The normalized spacial score (nSPS) is 10.8. The van der Waals surface area contributed by atoms with Crippen molar-refractivity contribution in [3.63, 3.8) is 0 Å². The topological polar surface area (TPSA) is 68.1 Å². The molecule has 0 bridgehead atoms. The van der Waals surface area contributed by atoms with Crippen molar-refractivity contribution in [2.75, 3.05) is 6.61 Å². The molecule has 0 saturated heterocycles.